The van der Waals surface area contributed by atoms with Crippen LogP contribution in [0.15, 0.2) is 91.3 Å². The second-order valence-corrected chi connectivity index (χ2v) is 9.09. The van der Waals surface area contributed by atoms with Gasteiger partial charge in [0.2, 0.25) is 5.82 Å². The van der Waals surface area contributed by atoms with Gasteiger partial charge in [-0.1, -0.05) is 67.1 Å². The number of carbonyl (C=O) groups is 1. The van der Waals surface area contributed by atoms with E-state index in [4.69, 9.17) is 21.4 Å². The standard InChI is InChI=1S/C29H28ClN5O2/c1-2-27-31-16-18-33(27)17-9-19-37-35(24-12-7-4-8-13-24)29(36)28-32-25-15-14-23(30)20-26(25)34(28)21-22-10-5-3-6-11-22/h3-8,10-16,18,20H,2,9,17,19,21H2,1H3. The molecule has 188 valence electrons. The van der Waals surface area contributed by atoms with E-state index in [0.717, 1.165) is 36.3 Å². The number of aromatic nitrogens is 4. The molecule has 0 atom stereocenters. The molecule has 0 aliphatic heterocycles. The Balaban J connectivity index is 1.44. The lowest BCUT2D eigenvalue weighted by Gasteiger charge is -2.22. The Kier molecular flexibility index (Phi) is 7.63. The van der Waals surface area contributed by atoms with Crippen LogP contribution >= 0.6 is 11.6 Å². The lowest BCUT2D eigenvalue weighted by Crippen LogP contribution is -2.34. The number of hydroxylamine groups is 1. The summed E-state index contributed by atoms with van der Waals surface area (Å²) >= 11 is 6.32. The Bertz CT molecular complexity index is 1480. The van der Waals surface area contributed by atoms with Crippen molar-refractivity contribution in [3.8, 4) is 0 Å². The Morgan fingerprint density at radius 3 is 2.54 bits per heavy atom. The minimum Gasteiger partial charge on any atom is -0.335 e. The topological polar surface area (TPSA) is 65.2 Å². The van der Waals surface area contributed by atoms with Gasteiger partial charge < -0.3 is 9.13 Å². The number of fused-ring (bicyclic) bond motifs is 1. The second-order valence-electron chi connectivity index (χ2n) is 8.65. The van der Waals surface area contributed by atoms with Crippen LogP contribution in [0.25, 0.3) is 11.0 Å². The summed E-state index contributed by atoms with van der Waals surface area (Å²) in [7, 11) is 0. The third-order valence-electron chi connectivity index (χ3n) is 6.14. The van der Waals surface area contributed by atoms with Gasteiger partial charge in [-0.15, -0.1) is 0 Å². The highest BCUT2D eigenvalue weighted by Gasteiger charge is 2.26. The fraction of sp³-hybridized carbons (Fsp3) is 0.207. The normalized spacial score (nSPS) is 11.2. The molecule has 2 aromatic heterocycles. The molecule has 3 aromatic carbocycles. The minimum absolute atomic E-state index is 0.285. The van der Waals surface area contributed by atoms with Gasteiger partial charge in [-0.05, 0) is 42.3 Å². The summed E-state index contributed by atoms with van der Waals surface area (Å²) in [6, 6.07) is 24.8. The van der Waals surface area contributed by atoms with Gasteiger partial charge >= 0.3 is 5.91 Å². The predicted octanol–water partition coefficient (Wildman–Crippen LogP) is 6.17. The first kappa shape index (κ1) is 24.7. The van der Waals surface area contributed by atoms with Crippen molar-refractivity contribution in [2.24, 2.45) is 0 Å². The summed E-state index contributed by atoms with van der Waals surface area (Å²) in [5, 5.41) is 1.93. The number of aryl methyl sites for hydroxylation is 2. The number of anilines is 1. The summed E-state index contributed by atoms with van der Waals surface area (Å²) in [5.41, 5.74) is 3.18. The van der Waals surface area contributed by atoms with Crippen LogP contribution in [0.2, 0.25) is 5.02 Å². The van der Waals surface area contributed by atoms with Gasteiger partial charge in [0.25, 0.3) is 0 Å². The molecule has 0 aliphatic rings. The van der Waals surface area contributed by atoms with Crippen molar-refractivity contribution in [2.45, 2.75) is 32.9 Å². The minimum atomic E-state index is -0.341. The molecule has 1 amide bonds. The number of imidazole rings is 2. The van der Waals surface area contributed by atoms with Crippen molar-refractivity contribution in [2.75, 3.05) is 11.7 Å². The third-order valence-corrected chi connectivity index (χ3v) is 6.38. The van der Waals surface area contributed by atoms with Crippen molar-refractivity contribution in [1.29, 1.82) is 0 Å². The van der Waals surface area contributed by atoms with Crippen LogP contribution in [-0.2, 0) is 24.3 Å². The fourth-order valence-corrected chi connectivity index (χ4v) is 4.50. The molecule has 0 radical (unpaired) electrons. The molecule has 37 heavy (non-hydrogen) atoms. The zero-order valence-corrected chi connectivity index (χ0v) is 21.4. The first-order valence-electron chi connectivity index (χ1n) is 12.4. The quantitative estimate of drug-likeness (QED) is 0.165. The van der Waals surface area contributed by atoms with Crippen LogP contribution in [0.5, 0.6) is 0 Å². The number of benzene rings is 3. The predicted molar refractivity (Wildman–Crippen MR) is 146 cm³/mol. The van der Waals surface area contributed by atoms with Gasteiger partial charge in [-0.3, -0.25) is 9.63 Å². The zero-order valence-electron chi connectivity index (χ0n) is 20.6. The molecule has 0 saturated carbocycles. The smallest absolute Gasteiger partial charge is 0.318 e. The third kappa shape index (κ3) is 5.58. The van der Waals surface area contributed by atoms with Gasteiger partial charge in [-0.25, -0.2) is 9.97 Å². The highest BCUT2D eigenvalue weighted by Crippen LogP contribution is 2.25. The van der Waals surface area contributed by atoms with E-state index in [-0.39, 0.29) is 11.7 Å². The summed E-state index contributed by atoms with van der Waals surface area (Å²) in [6.45, 7) is 3.67. The van der Waals surface area contributed by atoms with E-state index < -0.39 is 0 Å². The molecule has 0 spiro atoms. The SMILES string of the molecule is CCc1nccn1CCCON(C(=O)c1nc2ccc(Cl)cc2n1Cc1ccccc1)c1ccccc1. The molecule has 0 bridgehead atoms. The van der Waals surface area contributed by atoms with E-state index in [1.165, 1.54) is 5.06 Å². The van der Waals surface area contributed by atoms with Gasteiger partial charge in [0.1, 0.15) is 5.82 Å². The number of nitrogens with zero attached hydrogens (tertiary/aromatic N) is 5. The first-order chi connectivity index (χ1) is 18.1. The molecule has 0 saturated heterocycles. The number of rotatable bonds is 10. The average Bonchev–Trinajstić information content (AvgIpc) is 3.53. The molecule has 8 heteroatoms. The fourth-order valence-electron chi connectivity index (χ4n) is 4.34. The van der Waals surface area contributed by atoms with Crippen molar-refractivity contribution < 1.29 is 9.63 Å². The van der Waals surface area contributed by atoms with E-state index in [9.17, 15) is 4.79 Å². The van der Waals surface area contributed by atoms with Crippen LogP contribution in [0.4, 0.5) is 5.69 Å². The van der Waals surface area contributed by atoms with Crippen LogP contribution in [0.1, 0.15) is 35.4 Å². The molecule has 2 heterocycles. The van der Waals surface area contributed by atoms with Gasteiger partial charge in [0, 0.05) is 36.9 Å². The summed E-state index contributed by atoms with van der Waals surface area (Å²) in [5.74, 6) is 0.975. The zero-order chi connectivity index (χ0) is 25.6. The summed E-state index contributed by atoms with van der Waals surface area (Å²) in [6.07, 6.45) is 5.36. The van der Waals surface area contributed by atoms with Crippen LogP contribution in [0.3, 0.4) is 0 Å². The van der Waals surface area contributed by atoms with Crippen LogP contribution in [-0.4, -0.2) is 31.6 Å². The highest BCUT2D eigenvalue weighted by molar-refractivity contribution is 6.31. The molecule has 0 N–H and O–H groups in total. The van der Waals surface area contributed by atoms with E-state index >= 15 is 0 Å². The lowest BCUT2D eigenvalue weighted by atomic mass is 10.2. The maximum atomic E-state index is 14.0. The van der Waals surface area contributed by atoms with E-state index in [2.05, 4.69) is 16.5 Å². The monoisotopic (exact) mass is 513 g/mol. The number of para-hydroxylation sites is 1. The largest absolute Gasteiger partial charge is 0.335 e. The lowest BCUT2D eigenvalue weighted by molar-refractivity contribution is 0.0620. The Morgan fingerprint density at radius 1 is 1.03 bits per heavy atom. The number of halogens is 1. The number of carbonyl (C=O) groups excluding carboxylic acids is 1. The Morgan fingerprint density at radius 2 is 1.78 bits per heavy atom. The average molecular weight is 514 g/mol. The molecular weight excluding hydrogens is 486 g/mol. The van der Waals surface area contributed by atoms with Crippen molar-refractivity contribution in [3.63, 3.8) is 0 Å². The van der Waals surface area contributed by atoms with E-state index in [0.29, 0.717) is 29.4 Å². The summed E-state index contributed by atoms with van der Waals surface area (Å²) in [4.78, 5) is 29.2. The first-order valence-corrected chi connectivity index (χ1v) is 12.7. The van der Waals surface area contributed by atoms with Crippen LogP contribution < -0.4 is 5.06 Å². The van der Waals surface area contributed by atoms with Crippen molar-refractivity contribution in [1.82, 2.24) is 19.1 Å². The van der Waals surface area contributed by atoms with Crippen molar-refractivity contribution in [3.05, 3.63) is 113 Å². The number of hydrogen-bond donors (Lipinski definition) is 0. The molecule has 7 nitrogen and oxygen atoms in total. The second kappa shape index (κ2) is 11.4. The van der Waals surface area contributed by atoms with Crippen molar-refractivity contribution >= 4 is 34.2 Å². The summed E-state index contributed by atoms with van der Waals surface area (Å²) < 4.78 is 4.01. The molecule has 5 aromatic rings. The van der Waals surface area contributed by atoms with E-state index in [1.54, 1.807) is 6.07 Å². The highest BCUT2D eigenvalue weighted by atomic mass is 35.5. The van der Waals surface area contributed by atoms with E-state index in [1.807, 2.05) is 89.8 Å². The Hall–Kier alpha value is -3.94. The molecule has 0 fully saturated rings. The number of hydrogen-bond acceptors (Lipinski definition) is 4. The molecular formula is C29H28ClN5O2. The number of amides is 1. The molecule has 0 aliphatic carbocycles. The van der Waals surface area contributed by atoms with Crippen LogP contribution in [0, 0.1) is 0 Å². The molecule has 5 rings (SSSR count). The van der Waals surface area contributed by atoms with Gasteiger partial charge in [0.05, 0.1) is 23.3 Å². The molecule has 0 unspecified atom stereocenters. The maximum absolute atomic E-state index is 14.0. The Labute approximate surface area is 220 Å². The maximum Gasteiger partial charge on any atom is 0.318 e. The van der Waals surface area contributed by atoms with Gasteiger partial charge in [-0.2, -0.15) is 5.06 Å². The van der Waals surface area contributed by atoms with Gasteiger partial charge in [0.15, 0.2) is 0 Å².